The number of piperazine rings is 1. The van der Waals surface area contributed by atoms with Crippen LogP contribution in [0.25, 0.3) is 0 Å². The fraction of sp³-hybridized carbons (Fsp3) is 0.333. The van der Waals surface area contributed by atoms with Crippen LogP contribution in [0.15, 0.2) is 47.4 Å². The molecule has 1 aromatic carbocycles. The van der Waals surface area contributed by atoms with Crippen LogP contribution in [0, 0.1) is 0 Å². The lowest BCUT2D eigenvalue weighted by molar-refractivity contribution is -0.130. The lowest BCUT2D eigenvalue weighted by Crippen LogP contribution is -2.49. The molecule has 1 aliphatic heterocycles. The second kappa shape index (κ2) is 7.21. The number of rotatable bonds is 4. The van der Waals surface area contributed by atoms with Gasteiger partial charge in [0.05, 0.1) is 19.2 Å². The molecule has 1 fully saturated rings. The van der Waals surface area contributed by atoms with Gasteiger partial charge in [0.1, 0.15) is 5.75 Å². The molecule has 1 saturated heterocycles. The Balaban J connectivity index is 1.59. The highest BCUT2D eigenvalue weighted by molar-refractivity contribution is 5.79. The van der Waals surface area contributed by atoms with E-state index in [4.69, 9.17) is 4.74 Å². The van der Waals surface area contributed by atoms with E-state index in [2.05, 4.69) is 9.88 Å². The summed E-state index contributed by atoms with van der Waals surface area (Å²) in [6.45, 7) is 2.85. The van der Waals surface area contributed by atoms with Gasteiger partial charge < -0.3 is 19.5 Å². The van der Waals surface area contributed by atoms with E-state index in [0.717, 1.165) is 30.1 Å². The number of hydrogen-bond donors (Lipinski definition) is 1. The van der Waals surface area contributed by atoms with Gasteiger partial charge in [-0.3, -0.25) is 9.59 Å². The van der Waals surface area contributed by atoms with Crippen molar-refractivity contribution in [2.45, 2.75) is 6.42 Å². The number of hydrogen-bond acceptors (Lipinski definition) is 4. The molecule has 126 valence electrons. The maximum atomic E-state index is 12.5. The number of H-pyrrole nitrogens is 1. The molecule has 3 rings (SSSR count). The molecular weight excluding hydrogens is 306 g/mol. The molecule has 1 aromatic heterocycles. The number of anilines is 1. The third-order valence-corrected chi connectivity index (χ3v) is 4.30. The minimum Gasteiger partial charge on any atom is -0.496 e. The summed E-state index contributed by atoms with van der Waals surface area (Å²) in [6, 6.07) is 10.9. The van der Waals surface area contributed by atoms with Gasteiger partial charge in [-0.05, 0) is 12.1 Å². The number of methoxy groups -OCH3 is 1. The Hall–Kier alpha value is -2.76. The summed E-state index contributed by atoms with van der Waals surface area (Å²) in [7, 11) is 1.62. The number of ether oxygens (including phenoxy) is 1. The number of carbonyl (C=O) groups excluding carboxylic acids is 1. The van der Waals surface area contributed by atoms with Crippen LogP contribution in [0.3, 0.4) is 0 Å². The largest absolute Gasteiger partial charge is 0.496 e. The van der Waals surface area contributed by atoms with Crippen molar-refractivity contribution in [3.8, 4) is 5.75 Å². The molecule has 24 heavy (non-hydrogen) atoms. The lowest BCUT2D eigenvalue weighted by Gasteiger charge is -2.36. The molecular formula is C18H21N3O3. The zero-order valence-electron chi connectivity index (χ0n) is 13.7. The first-order valence-corrected chi connectivity index (χ1v) is 8.01. The predicted molar refractivity (Wildman–Crippen MR) is 92.6 cm³/mol. The van der Waals surface area contributed by atoms with Crippen LogP contribution in [0.5, 0.6) is 5.75 Å². The van der Waals surface area contributed by atoms with Gasteiger partial charge in [0, 0.05) is 44.0 Å². The fourth-order valence-electron chi connectivity index (χ4n) is 2.94. The van der Waals surface area contributed by atoms with Gasteiger partial charge in [0.15, 0.2) is 0 Å². The van der Waals surface area contributed by atoms with E-state index in [1.807, 2.05) is 35.2 Å². The molecule has 1 N–H and O–H groups in total. The number of amides is 1. The highest BCUT2D eigenvalue weighted by Gasteiger charge is 2.22. The summed E-state index contributed by atoms with van der Waals surface area (Å²) in [5.74, 6) is 0.860. The number of pyridine rings is 1. The van der Waals surface area contributed by atoms with Crippen LogP contribution < -0.4 is 15.2 Å². The highest BCUT2D eigenvalue weighted by Crippen LogP contribution is 2.19. The monoisotopic (exact) mass is 327 g/mol. The van der Waals surface area contributed by atoms with E-state index >= 15 is 0 Å². The minimum atomic E-state index is -0.107. The van der Waals surface area contributed by atoms with Crippen molar-refractivity contribution >= 4 is 11.6 Å². The van der Waals surface area contributed by atoms with E-state index in [1.54, 1.807) is 13.3 Å². The fourth-order valence-corrected chi connectivity index (χ4v) is 2.94. The predicted octanol–water partition coefficient (Wildman–Crippen LogP) is 1.27. The lowest BCUT2D eigenvalue weighted by atomic mass is 10.1. The molecule has 6 nitrogen and oxygen atoms in total. The average Bonchev–Trinajstić information content (AvgIpc) is 2.63. The highest BCUT2D eigenvalue weighted by atomic mass is 16.5. The first kappa shape index (κ1) is 16.1. The summed E-state index contributed by atoms with van der Waals surface area (Å²) in [6.07, 6.45) is 2.07. The van der Waals surface area contributed by atoms with Gasteiger partial charge in [-0.25, -0.2) is 0 Å². The Labute approximate surface area is 140 Å². The number of benzene rings is 1. The quantitative estimate of drug-likeness (QED) is 0.918. The molecule has 2 aromatic rings. The smallest absolute Gasteiger partial charge is 0.248 e. The molecule has 0 atom stereocenters. The van der Waals surface area contributed by atoms with Gasteiger partial charge in [0.25, 0.3) is 0 Å². The molecule has 1 aliphatic rings. The standard InChI is InChI=1S/C18H21N3O3/c1-24-16-5-3-2-4-14(16)12-18(23)21-10-8-20(9-11-21)15-6-7-17(22)19-13-15/h2-7,13H,8-12H2,1H3,(H,19,22). The second-order valence-electron chi connectivity index (χ2n) is 5.77. The topological polar surface area (TPSA) is 65.6 Å². The number of aromatic amines is 1. The molecule has 1 amide bonds. The van der Waals surface area contributed by atoms with Crippen molar-refractivity contribution in [2.75, 3.05) is 38.2 Å². The van der Waals surface area contributed by atoms with E-state index < -0.39 is 0 Å². The number of para-hydroxylation sites is 1. The maximum absolute atomic E-state index is 12.5. The maximum Gasteiger partial charge on any atom is 0.248 e. The van der Waals surface area contributed by atoms with Crippen LogP contribution >= 0.6 is 0 Å². The summed E-state index contributed by atoms with van der Waals surface area (Å²) in [5, 5.41) is 0. The molecule has 0 spiro atoms. The summed E-state index contributed by atoms with van der Waals surface area (Å²) < 4.78 is 5.31. The van der Waals surface area contributed by atoms with Gasteiger partial charge in [-0.2, -0.15) is 0 Å². The number of nitrogens with one attached hydrogen (secondary N) is 1. The minimum absolute atomic E-state index is 0.107. The first-order chi connectivity index (χ1) is 11.7. The zero-order valence-corrected chi connectivity index (χ0v) is 13.7. The normalized spacial score (nSPS) is 14.5. The number of aromatic nitrogens is 1. The molecule has 2 heterocycles. The Kier molecular flexibility index (Phi) is 4.84. The number of carbonyl (C=O) groups is 1. The Morgan fingerprint density at radius 1 is 1.12 bits per heavy atom. The van der Waals surface area contributed by atoms with Crippen molar-refractivity contribution < 1.29 is 9.53 Å². The molecule has 0 unspecified atom stereocenters. The Morgan fingerprint density at radius 2 is 1.88 bits per heavy atom. The third-order valence-electron chi connectivity index (χ3n) is 4.30. The molecule has 0 bridgehead atoms. The SMILES string of the molecule is COc1ccccc1CC(=O)N1CCN(c2ccc(=O)[nH]c2)CC1. The summed E-state index contributed by atoms with van der Waals surface area (Å²) >= 11 is 0. The van der Waals surface area contributed by atoms with Gasteiger partial charge in [0.2, 0.25) is 11.5 Å². The Morgan fingerprint density at radius 3 is 2.54 bits per heavy atom. The summed E-state index contributed by atoms with van der Waals surface area (Å²) in [5.41, 5.74) is 1.78. The van der Waals surface area contributed by atoms with Gasteiger partial charge >= 0.3 is 0 Å². The van der Waals surface area contributed by atoms with Crippen molar-refractivity contribution in [3.05, 3.63) is 58.5 Å². The van der Waals surface area contributed by atoms with Crippen LogP contribution in [-0.2, 0) is 11.2 Å². The van der Waals surface area contributed by atoms with E-state index in [-0.39, 0.29) is 11.5 Å². The van der Waals surface area contributed by atoms with E-state index in [1.165, 1.54) is 6.07 Å². The van der Waals surface area contributed by atoms with Crippen LogP contribution in [0.1, 0.15) is 5.56 Å². The van der Waals surface area contributed by atoms with Gasteiger partial charge in [-0.1, -0.05) is 18.2 Å². The Bertz CT molecular complexity index is 744. The summed E-state index contributed by atoms with van der Waals surface area (Å²) in [4.78, 5) is 30.4. The van der Waals surface area contributed by atoms with Crippen molar-refractivity contribution in [1.29, 1.82) is 0 Å². The van der Waals surface area contributed by atoms with Gasteiger partial charge in [-0.15, -0.1) is 0 Å². The first-order valence-electron chi connectivity index (χ1n) is 8.01. The van der Waals surface area contributed by atoms with Crippen LogP contribution in [0.4, 0.5) is 5.69 Å². The van der Waals surface area contributed by atoms with Crippen molar-refractivity contribution in [1.82, 2.24) is 9.88 Å². The van der Waals surface area contributed by atoms with E-state index in [9.17, 15) is 9.59 Å². The van der Waals surface area contributed by atoms with Crippen molar-refractivity contribution in [3.63, 3.8) is 0 Å². The third kappa shape index (κ3) is 3.59. The molecule has 0 radical (unpaired) electrons. The zero-order chi connectivity index (χ0) is 16.9. The van der Waals surface area contributed by atoms with Crippen molar-refractivity contribution in [2.24, 2.45) is 0 Å². The number of nitrogens with zero attached hydrogens (tertiary/aromatic N) is 2. The molecule has 6 heteroatoms. The van der Waals surface area contributed by atoms with E-state index in [0.29, 0.717) is 19.5 Å². The van der Waals surface area contributed by atoms with Crippen LogP contribution in [0.2, 0.25) is 0 Å². The average molecular weight is 327 g/mol. The molecule has 0 aliphatic carbocycles. The molecule has 0 saturated carbocycles. The second-order valence-corrected chi connectivity index (χ2v) is 5.77. The van der Waals surface area contributed by atoms with Crippen LogP contribution in [-0.4, -0.2) is 49.1 Å².